The molecule has 0 radical (unpaired) electrons. The second kappa shape index (κ2) is 10.1. The Hall–Kier alpha value is -3.63. The van der Waals surface area contributed by atoms with Crippen molar-refractivity contribution in [2.75, 3.05) is 19.5 Å². The average molecular weight is 458 g/mol. The molecule has 3 rings (SSSR count). The van der Waals surface area contributed by atoms with E-state index in [9.17, 15) is 18.5 Å². The van der Waals surface area contributed by atoms with Crippen LogP contribution in [-0.2, 0) is 23.2 Å². The normalized spacial score (nSPS) is 11.1. The molecule has 9 nitrogen and oxygen atoms in total. The first-order valence-corrected chi connectivity index (χ1v) is 11.1. The molecule has 0 aliphatic rings. The molecule has 0 amide bonds. The Labute approximate surface area is 186 Å². The molecule has 0 heterocycles. The summed E-state index contributed by atoms with van der Waals surface area (Å²) in [6, 6.07) is 18.8. The van der Waals surface area contributed by atoms with Gasteiger partial charge in [-0.05, 0) is 42.4 Å². The third-order valence-electron chi connectivity index (χ3n) is 4.69. The zero-order valence-electron chi connectivity index (χ0n) is 17.6. The van der Waals surface area contributed by atoms with Crippen molar-refractivity contribution >= 4 is 21.4 Å². The summed E-state index contributed by atoms with van der Waals surface area (Å²) in [5, 5.41) is 14.4. The van der Waals surface area contributed by atoms with E-state index in [1.807, 2.05) is 36.4 Å². The minimum absolute atomic E-state index is 0.182. The van der Waals surface area contributed by atoms with Gasteiger partial charge in [0.15, 0.2) is 11.5 Å². The van der Waals surface area contributed by atoms with E-state index < -0.39 is 14.9 Å². The molecule has 0 aliphatic heterocycles. The minimum atomic E-state index is -3.79. The van der Waals surface area contributed by atoms with Crippen LogP contribution in [0.15, 0.2) is 71.6 Å². The maximum atomic E-state index is 11.9. The Morgan fingerprint density at radius 2 is 1.72 bits per heavy atom. The van der Waals surface area contributed by atoms with Crippen LogP contribution < -0.4 is 19.5 Å². The van der Waals surface area contributed by atoms with Crippen LogP contribution in [0.3, 0.4) is 0 Å². The topological polar surface area (TPSA) is 120 Å². The van der Waals surface area contributed by atoms with E-state index in [0.717, 1.165) is 17.2 Å². The molecule has 0 atom stereocenters. The third kappa shape index (κ3) is 5.54. The van der Waals surface area contributed by atoms with Crippen molar-refractivity contribution in [2.24, 2.45) is 0 Å². The van der Waals surface area contributed by atoms with Crippen molar-refractivity contribution in [1.29, 1.82) is 0 Å². The van der Waals surface area contributed by atoms with E-state index in [1.54, 1.807) is 12.1 Å². The molecule has 0 unspecified atom stereocenters. The number of rotatable bonds is 10. The van der Waals surface area contributed by atoms with E-state index in [1.165, 1.54) is 26.3 Å². The Balaban J connectivity index is 1.74. The maximum absolute atomic E-state index is 11.9. The second-order valence-corrected chi connectivity index (χ2v) is 8.64. The summed E-state index contributed by atoms with van der Waals surface area (Å²) in [4.78, 5) is 10.6. The molecular formula is C22H23N3O6S. The minimum Gasteiger partial charge on any atom is -0.493 e. The lowest BCUT2D eigenvalue weighted by molar-refractivity contribution is -0.384. The highest BCUT2D eigenvalue weighted by Crippen LogP contribution is 2.31. The average Bonchev–Trinajstić information content (AvgIpc) is 2.82. The summed E-state index contributed by atoms with van der Waals surface area (Å²) in [7, 11) is -1.01. The molecule has 2 N–H and O–H groups in total. The van der Waals surface area contributed by atoms with Crippen LogP contribution in [0.2, 0.25) is 0 Å². The standard InChI is InChI=1S/C22H23N3O6S/c1-23-32(28,29)18-9-10-19(20(13-18)25(26)27)24-14-17-8-11-21(22(12-17)30-2)31-15-16-6-4-3-5-7-16/h3-13,23-24H,14-15H2,1-2H3. The molecule has 32 heavy (non-hydrogen) atoms. The summed E-state index contributed by atoms with van der Waals surface area (Å²) >= 11 is 0. The van der Waals surface area contributed by atoms with Gasteiger partial charge >= 0.3 is 0 Å². The fourth-order valence-corrected chi connectivity index (χ4v) is 3.72. The largest absolute Gasteiger partial charge is 0.493 e. The van der Waals surface area contributed by atoms with Crippen molar-refractivity contribution in [3.05, 3.63) is 88.0 Å². The van der Waals surface area contributed by atoms with Gasteiger partial charge in [-0.3, -0.25) is 10.1 Å². The second-order valence-electron chi connectivity index (χ2n) is 6.76. The van der Waals surface area contributed by atoms with Gasteiger partial charge in [-0.1, -0.05) is 36.4 Å². The van der Waals surface area contributed by atoms with E-state index >= 15 is 0 Å². The van der Waals surface area contributed by atoms with Gasteiger partial charge in [-0.25, -0.2) is 13.1 Å². The Morgan fingerprint density at radius 3 is 2.38 bits per heavy atom. The van der Waals surface area contributed by atoms with Crippen molar-refractivity contribution in [2.45, 2.75) is 18.0 Å². The molecule has 0 fully saturated rings. The monoisotopic (exact) mass is 457 g/mol. The quantitative estimate of drug-likeness (QED) is 0.352. The SMILES string of the molecule is CNS(=O)(=O)c1ccc(NCc2ccc(OCc3ccccc3)c(OC)c2)c([N+](=O)[O-])c1. The zero-order chi connectivity index (χ0) is 23.1. The Bertz CT molecular complexity index is 1200. The van der Waals surface area contributed by atoms with Crippen LogP contribution in [0.5, 0.6) is 11.5 Å². The zero-order valence-corrected chi connectivity index (χ0v) is 18.4. The van der Waals surface area contributed by atoms with Crippen LogP contribution in [0.1, 0.15) is 11.1 Å². The highest BCUT2D eigenvalue weighted by Gasteiger charge is 2.20. The summed E-state index contributed by atoms with van der Waals surface area (Å²) in [5.74, 6) is 1.11. The number of ether oxygens (including phenoxy) is 2. The molecule has 3 aromatic carbocycles. The Morgan fingerprint density at radius 1 is 0.969 bits per heavy atom. The lowest BCUT2D eigenvalue weighted by Crippen LogP contribution is -2.18. The number of hydrogen-bond acceptors (Lipinski definition) is 7. The highest BCUT2D eigenvalue weighted by atomic mass is 32.2. The number of sulfonamides is 1. The number of benzene rings is 3. The first-order chi connectivity index (χ1) is 15.3. The lowest BCUT2D eigenvalue weighted by Gasteiger charge is -2.13. The van der Waals surface area contributed by atoms with Crippen molar-refractivity contribution in [3.8, 4) is 11.5 Å². The first kappa shape index (κ1) is 23.0. The number of nitro groups is 1. The number of methoxy groups -OCH3 is 1. The van der Waals surface area contributed by atoms with E-state index in [4.69, 9.17) is 9.47 Å². The van der Waals surface area contributed by atoms with E-state index in [-0.39, 0.29) is 22.8 Å². The van der Waals surface area contributed by atoms with Gasteiger partial charge in [0.05, 0.1) is 16.9 Å². The van der Waals surface area contributed by atoms with Crippen LogP contribution >= 0.6 is 0 Å². The molecule has 0 spiro atoms. The molecule has 10 heteroatoms. The molecule has 0 saturated heterocycles. The summed E-state index contributed by atoms with van der Waals surface area (Å²) in [6.45, 7) is 0.650. The van der Waals surface area contributed by atoms with Crippen molar-refractivity contribution < 1.29 is 22.8 Å². The first-order valence-electron chi connectivity index (χ1n) is 9.63. The molecule has 3 aromatic rings. The smallest absolute Gasteiger partial charge is 0.293 e. The van der Waals surface area contributed by atoms with E-state index in [2.05, 4.69) is 10.0 Å². The van der Waals surface area contributed by atoms with Crippen LogP contribution in [0.4, 0.5) is 11.4 Å². The molecule has 168 valence electrons. The third-order valence-corrected chi connectivity index (χ3v) is 6.11. The van der Waals surface area contributed by atoms with Gasteiger partial charge in [0.1, 0.15) is 12.3 Å². The number of anilines is 1. The molecular weight excluding hydrogens is 434 g/mol. The van der Waals surface area contributed by atoms with Gasteiger partial charge < -0.3 is 14.8 Å². The van der Waals surface area contributed by atoms with Crippen molar-refractivity contribution in [3.63, 3.8) is 0 Å². The van der Waals surface area contributed by atoms with Gasteiger partial charge in [-0.15, -0.1) is 0 Å². The molecule has 0 aromatic heterocycles. The van der Waals surface area contributed by atoms with E-state index in [0.29, 0.717) is 18.1 Å². The predicted molar refractivity (Wildman–Crippen MR) is 120 cm³/mol. The number of nitro benzene ring substituents is 1. The fourth-order valence-electron chi connectivity index (χ4n) is 2.97. The van der Waals surface area contributed by atoms with Gasteiger partial charge in [0, 0.05) is 12.6 Å². The van der Waals surface area contributed by atoms with Gasteiger partial charge in [-0.2, -0.15) is 0 Å². The molecule has 0 aliphatic carbocycles. The summed E-state index contributed by atoms with van der Waals surface area (Å²) in [6.07, 6.45) is 0. The maximum Gasteiger partial charge on any atom is 0.293 e. The van der Waals surface area contributed by atoms with Crippen LogP contribution in [0.25, 0.3) is 0 Å². The Kier molecular flexibility index (Phi) is 7.29. The number of hydrogen-bond donors (Lipinski definition) is 2. The summed E-state index contributed by atoms with van der Waals surface area (Å²) in [5.41, 5.74) is 1.69. The highest BCUT2D eigenvalue weighted by molar-refractivity contribution is 7.89. The van der Waals surface area contributed by atoms with Gasteiger partial charge in [0.25, 0.3) is 5.69 Å². The van der Waals surface area contributed by atoms with Gasteiger partial charge in [0.2, 0.25) is 10.0 Å². The fraction of sp³-hybridized carbons (Fsp3) is 0.182. The number of nitrogens with one attached hydrogen (secondary N) is 2. The molecule has 0 saturated carbocycles. The summed E-state index contributed by atoms with van der Waals surface area (Å²) < 4.78 is 37.3. The number of nitrogens with zero attached hydrogens (tertiary/aromatic N) is 1. The van der Waals surface area contributed by atoms with Crippen LogP contribution in [-0.4, -0.2) is 27.5 Å². The lowest BCUT2D eigenvalue weighted by atomic mass is 10.2. The molecule has 0 bridgehead atoms. The van der Waals surface area contributed by atoms with Crippen LogP contribution in [0, 0.1) is 10.1 Å². The van der Waals surface area contributed by atoms with Crippen molar-refractivity contribution in [1.82, 2.24) is 4.72 Å². The predicted octanol–water partition coefficient (Wildman–Crippen LogP) is 3.70.